The summed E-state index contributed by atoms with van der Waals surface area (Å²) < 4.78 is 6.02. The van der Waals surface area contributed by atoms with Gasteiger partial charge < -0.3 is 4.42 Å². The summed E-state index contributed by atoms with van der Waals surface area (Å²) >= 11 is 0. The average molecular weight is 284 g/mol. The van der Waals surface area contributed by atoms with Crippen LogP contribution in [0.3, 0.4) is 0 Å². The summed E-state index contributed by atoms with van der Waals surface area (Å²) in [6.07, 6.45) is 1.79. The van der Waals surface area contributed by atoms with E-state index in [0.29, 0.717) is 5.56 Å². The van der Waals surface area contributed by atoms with Crippen molar-refractivity contribution in [3.8, 4) is 17.3 Å². The van der Waals surface area contributed by atoms with Gasteiger partial charge in [-0.05, 0) is 36.8 Å². The van der Waals surface area contributed by atoms with Crippen molar-refractivity contribution in [1.29, 1.82) is 5.26 Å². The van der Waals surface area contributed by atoms with E-state index in [0.717, 1.165) is 38.8 Å². The molecule has 0 bridgehead atoms. The zero-order valence-electron chi connectivity index (χ0n) is 12.0. The molecule has 2 aromatic heterocycles. The Morgan fingerprint density at radius 1 is 1.05 bits per heavy atom. The monoisotopic (exact) mass is 284 g/mol. The van der Waals surface area contributed by atoms with Crippen LogP contribution in [0.15, 0.2) is 59.1 Å². The van der Waals surface area contributed by atoms with E-state index >= 15 is 0 Å². The molecule has 0 aliphatic carbocycles. The number of rotatable bonds is 1. The average Bonchev–Trinajstić information content (AvgIpc) is 2.93. The molecule has 2 aromatic carbocycles. The number of aromatic nitrogens is 1. The maximum absolute atomic E-state index is 9.08. The van der Waals surface area contributed by atoms with Crippen LogP contribution in [0, 0.1) is 18.3 Å². The molecule has 2 heterocycles. The molecule has 0 atom stereocenters. The minimum Gasteiger partial charge on any atom is -0.454 e. The number of nitrogens with zero attached hydrogens (tertiary/aromatic N) is 2. The maximum atomic E-state index is 9.08. The van der Waals surface area contributed by atoms with Crippen molar-refractivity contribution in [3.05, 3.63) is 65.9 Å². The fraction of sp³-hybridized carbons (Fsp3) is 0.0526. The number of hydrogen-bond donors (Lipinski definition) is 0. The Balaban J connectivity index is 2.10. The minimum atomic E-state index is 0.629. The van der Waals surface area contributed by atoms with E-state index in [4.69, 9.17) is 9.68 Å². The molecule has 0 unspecified atom stereocenters. The molecule has 0 amide bonds. The summed E-state index contributed by atoms with van der Waals surface area (Å²) in [4.78, 5) is 4.52. The van der Waals surface area contributed by atoms with Crippen molar-refractivity contribution in [2.45, 2.75) is 6.92 Å². The van der Waals surface area contributed by atoms with Crippen molar-refractivity contribution in [3.63, 3.8) is 0 Å². The van der Waals surface area contributed by atoms with Crippen LogP contribution in [0.5, 0.6) is 0 Å². The molecule has 0 spiro atoms. The first-order valence-electron chi connectivity index (χ1n) is 7.05. The van der Waals surface area contributed by atoms with E-state index in [1.54, 1.807) is 12.3 Å². The highest BCUT2D eigenvalue weighted by molar-refractivity contribution is 6.09. The largest absolute Gasteiger partial charge is 0.454 e. The lowest BCUT2D eigenvalue weighted by atomic mass is 10.0. The highest BCUT2D eigenvalue weighted by Crippen LogP contribution is 2.35. The van der Waals surface area contributed by atoms with Crippen molar-refractivity contribution in [1.82, 2.24) is 4.98 Å². The van der Waals surface area contributed by atoms with E-state index in [1.165, 1.54) is 0 Å². The molecule has 0 fully saturated rings. The van der Waals surface area contributed by atoms with Gasteiger partial charge in [-0.25, -0.2) is 0 Å². The first-order chi connectivity index (χ1) is 10.8. The van der Waals surface area contributed by atoms with E-state index in [9.17, 15) is 0 Å². The van der Waals surface area contributed by atoms with Gasteiger partial charge in [0.2, 0.25) is 0 Å². The second-order valence-corrected chi connectivity index (χ2v) is 5.28. The predicted molar refractivity (Wildman–Crippen MR) is 86.4 cm³/mol. The third-order valence-corrected chi connectivity index (χ3v) is 3.92. The summed E-state index contributed by atoms with van der Waals surface area (Å²) in [5.74, 6) is 0. The Morgan fingerprint density at radius 2 is 1.91 bits per heavy atom. The molecule has 0 aliphatic rings. The molecular formula is C19H12N2O. The van der Waals surface area contributed by atoms with Gasteiger partial charge in [-0.15, -0.1) is 0 Å². The SMILES string of the molecule is Cc1ccccc1-c1nccc2c1oc1ccc(C#N)cc12. The standard InChI is InChI=1S/C19H12N2O/c1-12-4-2-3-5-14(12)18-19-15(8-9-21-18)16-10-13(11-20)6-7-17(16)22-19/h2-10H,1H3. The van der Waals surface area contributed by atoms with Crippen LogP contribution in [-0.2, 0) is 0 Å². The molecule has 0 radical (unpaired) electrons. The third-order valence-electron chi connectivity index (χ3n) is 3.92. The summed E-state index contributed by atoms with van der Waals surface area (Å²) in [6.45, 7) is 2.06. The van der Waals surface area contributed by atoms with E-state index in [2.05, 4.69) is 24.0 Å². The van der Waals surface area contributed by atoms with Crippen molar-refractivity contribution < 1.29 is 4.42 Å². The van der Waals surface area contributed by atoms with E-state index in [1.807, 2.05) is 36.4 Å². The second kappa shape index (κ2) is 4.71. The van der Waals surface area contributed by atoms with Crippen LogP contribution in [0.4, 0.5) is 0 Å². The molecule has 0 saturated heterocycles. The number of furan rings is 1. The second-order valence-electron chi connectivity index (χ2n) is 5.28. The van der Waals surface area contributed by atoms with Gasteiger partial charge in [-0.1, -0.05) is 24.3 Å². The van der Waals surface area contributed by atoms with Crippen LogP contribution in [0.1, 0.15) is 11.1 Å². The van der Waals surface area contributed by atoms with Crippen molar-refractivity contribution in [2.75, 3.05) is 0 Å². The lowest BCUT2D eigenvalue weighted by Gasteiger charge is -2.04. The van der Waals surface area contributed by atoms with Gasteiger partial charge in [0, 0.05) is 22.5 Å². The summed E-state index contributed by atoms with van der Waals surface area (Å²) in [5, 5.41) is 11.0. The summed E-state index contributed by atoms with van der Waals surface area (Å²) in [6, 6.07) is 17.7. The van der Waals surface area contributed by atoms with Crippen LogP contribution in [0.2, 0.25) is 0 Å². The first kappa shape index (κ1) is 12.6. The van der Waals surface area contributed by atoms with E-state index < -0.39 is 0 Å². The predicted octanol–water partition coefficient (Wildman–Crippen LogP) is 4.83. The number of nitriles is 1. The van der Waals surface area contributed by atoms with Gasteiger partial charge in [0.05, 0.1) is 11.6 Å². The maximum Gasteiger partial charge on any atom is 0.161 e. The van der Waals surface area contributed by atoms with Gasteiger partial charge in [0.25, 0.3) is 0 Å². The topological polar surface area (TPSA) is 49.8 Å². The van der Waals surface area contributed by atoms with Crippen LogP contribution in [0.25, 0.3) is 33.2 Å². The summed E-state index contributed by atoms with van der Waals surface area (Å²) in [5.41, 5.74) is 5.22. The fourth-order valence-corrected chi connectivity index (χ4v) is 2.80. The number of benzene rings is 2. The molecule has 4 rings (SSSR count). The zero-order chi connectivity index (χ0) is 15.1. The highest BCUT2D eigenvalue weighted by atomic mass is 16.3. The molecule has 104 valence electrons. The molecule has 3 nitrogen and oxygen atoms in total. The molecule has 4 aromatic rings. The minimum absolute atomic E-state index is 0.629. The van der Waals surface area contributed by atoms with Crippen LogP contribution < -0.4 is 0 Å². The van der Waals surface area contributed by atoms with Gasteiger partial charge in [-0.3, -0.25) is 4.98 Å². The van der Waals surface area contributed by atoms with Gasteiger partial charge in [0.1, 0.15) is 11.3 Å². The zero-order valence-corrected chi connectivity index (χ0v) is 12.0. The number of pyridine rings is 1. The fourth-order valence-electron chi connectivity index (χ4n) is 2.80. The number of hydrogen-bond acceptors (Lipinski definition) is 3. The highest BCUT2D eigenvalue weighted by Gasteiger charge is 2.14. The van der Waals surface area contributed by atoms with Crippen LogP contribution >= 0.6 is 0 Å². The molecule has 0 saturated carbocycles. The molecule has 0 aliphatic heterocycles. The molecule has 22 heavy (non-hydrogen) atoms. The lowest BCUT2D eigenvalue weighted by Crippen LogP contribution is -1.86. The van der Waals surface area contributed by atoms with E-state index in [-0.39, 0.29) is 0 Å². The quantitative estimate of drug-likeness (QED) is 0.503. The Bertz CT molecular complexity index is 1050. The molecular weight excluding hydrogens is 272 g/mol. The summed E-state index contributed by atoms with van der Waals surface area (Å²) in [7, 11) is 0. The Hall–Kier alpha value is -3.12. The number of aryl methyl sites for hydroxylation is 1. The van der Waals surface area contributed by atoms with Gasteiger partial charge in [-0.2, -0.15) is 5.26 Å². The lowest BCUT2D eigenvalue weighted by molar-refractivity contribution is 0.668. The van der Waals surface area contributed by atoms with Crippen molar-refractivity contribution >= 4 is 21.9 Å². The third kappa shape index (κ3) is 1.78. The van der Waals surface area contributed by atoms with Gasteiger partial charge in [0.15, 0.2) is 5.58 Å². The first-order valence-corrected chi connectivity index (χ1v) is 7.05. The smallest absolute Gasteiger partial charge is 0.161 e. The van der Waals surface area contributed by atoms with Crippen LogP contribution in [-0.4, -0.2) is 4.98 Å². The molecule has 3 heteroatoms. The Morgan fingerprint density at radius 3 is 2.73 bits per heavy atom. The van der Waals surface area contributed by atoms with Gasteiger partial charge >= 0.3 is 0 Å². The Kier molecular flexibility index (Phi) is 2.70. The normalized spacial score (nSPS) is 10.9. The molecule has 0 N–H and O–H groups in total. The number of fused-ring (bicyclic) bond motifs is 3. The Labute approximate surface area is 127 Å². The van der Waals surface area contributed by atoms with Crippen molar-refractivity contribution in [2.24, 2.45) is 0 Å².